The van der Waals surface area contributed by atoms with Crippen molar-refractivity contribution in [2.45, 2.75) is 12.3 Å². The largest absolute Gasteiger partial charge is 0.418 e. The lowest BCUT2D eigenvalue weighted by Gasteiger charge is -2.36. The number of hydrogen-bond donors (Lipinski definition) is 1. The molecular formula is C13H16BrF3N2O. The first kappa shape index (κ1) is 15.6. The third kappa shape index (κ3) is 3.65. The second-order valence-corrected chi connectivity index (χ2v) is 5.57. The van der Waals surface area contributed by atoms with Crippen LogP contribution in [0.15, 0.2) is 22.7 Å². The van der Waals surface area contributed by atoms with Crippen LogP contribution >= 0.6 is 15.9 Å². The van der Waals surface area contributed by atoms with Gasteiger partial charge in [0.2, 0.25) is 0 Å². The first-order valence-corrected chi connectivity index (χ1v) is 7.09. The van der Waals surface area contributed by atoms with Crippen LogP contribution in [0.3, 0.4) is 0 Å². The summed E-state index contributed by atoms with van der Waals surface area (Å²) in [6.45, 7) is 1.95. The number of alkyl halides is 3. The first-order valence-electron chi connectivity index (χ1n) is 6.29. The molecule has 1 aromatic rings. The van der Waals surface area contributed by atoms with Gasteiger partial charge in [0.05, 0.1) is 24.0 Å². The second-order valence-electron chi connectivity index (χ2n) is 4.66. The van der Waals surface area contributed by atoms with Gasteiger partial charge < -0.3 is 15.0 Å². The van der Waals surface area contributed by atoms with E-state index in [-0.39, 0.29) is 11.8 Å². The average Bonchev–Trinajstić information content (AvgIpc) is 2.38. The number of nitrogens with zero attached hydrogens (tertiary/aromatic N) is 1. The molecule has 0 spiro atoms. The Balaban J connectivity index is 2.29. The van der Waals surface area contributed by atoms with Gasteiger partial charge in [-0.1, -0.05) is 15.9 Å². The van der Waals surface area contributed by atoms with E-state index in [4.69, 9.17) is 4.74 Å². The third-order valence-corrected chi connectivity index (χ3v) is 3.67. The van der Waals surface area contributed by atoms with Gasteiger partial charge in [-0.25, -0.2) is 0 Å². The lowest BCUT2D eigenvalue weighted by molar-refractivity contribution is -0.137. The van der Waals surface area contributed by atoms with E-state index in [9.17, 15) is 13.2 Å². The topological polar surface area (TPSA) is 24.5 Å². The summed E-state index contributed by atoms with van der Waals surface area (Å²) in [5, 5.41) is 2.98. The molecule has 20 heavy (non-hydrogen) atoms. The summed E-state index contributed by atoms with van der Waals surface area (Å²) in [6.07, 6.45) is -4.46. The molecule has 2 rings (SSSR count). The first-order chi connectivity index (χ1) is 9.41. The molecular weight excluding hydrogens is 337 g/mol. The minimum Gasteiger partial charge on any atom is -0.373 e. The van der Waals surface area contributed by atoms with Crippen molar-refractivity contribution < 1.29 is 17.9 Å². The quantitative estimate of drug-likeness (QED) is 0.905. The molecule has 112 valence electrons. The molecule has 1 fully saturated rings. The summed E-state index contributed by atoms with van der Waals surface area (Å²) in [6, 6.07) is 4.05. The Morgan fingerprint density at radius 3 is 2.85 bits per heavy atom. The minimum absolute atomic E-state index is 0.103. The van der Waals surface area contributed by atoms with Gasteiger partial charge in [-0.3, -0.25) is 0 Å². The van der Waals surface area contributed by atoms with Crippen molar-refractivity contribution in [2.75, 3.05) is 38.2 Å². The molecule has 1 unspecified atom stereocenters. The molecule has 0 radical (unpaired) electrons. The fraction of sp³-hybridized carbons (Fsp3) is 0.538. The Labute approximate surface area is 124 Å². The van der Waals surface area contributed by atoms with E-state index >= 15 is 0 Å². The maximum absolute atomic E-state index is 13.1. The molecule has 1 aliphatic rings. The van der Waals surface area contributed by atoms with Gasteiger partial charge in [-0.15, -0.1) is 0 Å². The van der Waals surface area contributed by atoms with E-state index in [1.807, 2.05) is 0 Å². The molecule has 1 atom stereocenters. The predicted octanol–water partition coefficient (Wildman–Crippen LogP) is 2.89. The van der Waals surface area contributed by atoms with Crippen molar-refractivity contribution in [1.82, 2.24) is 5.32 Å². The molecule has 1 aliphatic heterocycles. The summed E-state index contributed by atoms with van der Waals surface area (Å²) in [7, 11) is 1.79. The zero-order valence-electron chi connectivity index (χ0n) is 11.0. The number of halogens is 4. The van der Waals surface area contributed by atoms with Gasteiger partial charge in [0.25, 0.3) is 0 Å². The Bertz CT molecular complexity index is 465. The van der Waals surface area contributed by atoms with Crippen molar-refractivity contribution in [3.63, 3.8) is 0 Å². The van der Waals surface area contributed by atoms with Crippen LogP contribution in [0, 0.1) is 0 Å². The van der Waals surface area contributed by atoms with Gasteiger partial charge in [0, 0.05) is 24.1 Å². The van der Waals surface area contributed by atoms with Gasteiger partial charge in [-0.2, -0.15) is 13.2 Å². The number of nitrogens with one attached hydrogen (secondary N) is 1. The Morgan fingerprint density at radius 1 is 1.45 bits per heavy atom. The van der Waals surface area contributed by atoms with Crippen molar-refractivity contribution in [1.29, 1.82) is 0 Å². The van der Waals surface area contributed by atoms with Crippen molar-refractivity contribution in [3.05, 3.63) is 28.2 Å². The zero-order chi connectivity index (χ0) is 14.8. The van der Waals surface area contributed by atoms with Crippen LogP contribution < -0.4 is 10.2 Å². The lowest BCUT2D eigenvalue weighted by Crippen LogP contribution is -2.46. The van der Waals surface area contributed by atoms with Crippen molar-refractivity contribution in [3.8, 4) is 0 Å². The number of ether oxygens (including phenoxy) is 1. The van der Waals surface area contributed by atoms with Crippen LogP contribution in [0.4, 0.5) is 18.9 Å². The number of rotatable bonds is 3. The molecule has 0 saturated carbocycles. The van der Waals surface area contributed by atoms with E-state index in [2.05, 4.69) is 21.2 Å². The Kier molecular flexibility index (Phi) is 4.93. The van der Waals surface area contributed by atoms with E-state index in [0.717, 1.165) is 6.07 Å². The highest BCUT2D eigenvalue weighted by Crippen LogP contribution is 2.38. The SMILES string of the molecule is CNCC1CN(c2cc(Br)ccc2C(F)(F)F)CCO1. The normalized spacial score (nSPS) is 20.2. The number of likely N-dealkylation sites (N-methyl/N-ethyl adjacent to an activating group) is 1. The number of hydrogen-bond acceptors (Lipinski definition) is 3. The van der Waals surface area contributed by atoms with Gasteiger partial charge in [0.15, 0.2) is 0 Å². The van der Waals surface area contributed by atoms with Crippen LogP contribution in [-0.4, -0.2) is 39.4 Å². The van der Waals surface area contributed by atoms with Gasteiger partial charge >= 0.3 is 6.18 Å². The van der Waals surface area contributed by atoms with E-state index in [1.54, 1.807) is 11.9 Å². The highest BCUT2D eigenvalue weighted by molar-refractivity contribution is 9.10. The maximum Gasteiger partial charge on any atom is 0.418 e. The zero-order valence-corrected chi connectivity index (χ0v) is 12.6. The molecule has 1 aromatic carbocycles. The summed E-state index contributed by atoms with van der Waals surface area (Å²) < 4.78 is 45.4. The van der Waals surface area contributed by atoms with E-state index in [0.29, 0.717) is 30.7 Å². The van der Waals surface area contributed by atoms with E-state index in [1.165, 1.54) is 12.1 Å². The smallest absolute Gasteiger partial charge is 0.373 e. The summed E-state index contributed by atoms with van der Waals surface area (Å²) in [4.78, 5) is 1.74. The Hall–Kier alpha value is -0.790. The standard InChI is InChI=1S/C13H16BrF3N2O/c1-18-7-10-8-19(4-5-20-10)12-6-9(14)2-3-11(12)13(15,16)17/h2-3,6,10,18H,4-5,7-8H2,1H3. The molecule has 0 amide bonds. The molecule has 1 heterocycles. The molecule has 7 heteroatoms. The molecule has 3 nitrogen and oxygen atoms in total. The van der Waals surface area contributed by atoms with Crippen LogP contribution in [0.25, 0.3) is 0 Å². The highest BCUT2D eigenvalue weighted by atomic mass is 79.9. The van der Waals surface area contributed by atoms with Crippen LogP contribution in [0.5, 0.6) is 0 Å². The number of morpholine rings is 1. The molecule has 0 bridgehead atoms. The predicted molar refractivity (Wildman–Crippen MR) is 75.0 cm³/mol. The lowest BCUT2D eigenvalue weighted by atomic mass is 10.1. The van der Waals surface area contributed by atoms with Crippen molar-refractivity contribution >= 4 is 21.6 Å². The van der Waals surface area contributed by atoms with Crippen molar-refractivity contribution in [2.24, 2.45) is 0 Å². The second kappa shape index (κ2) is 6.32. The van der Waals surface area contributed by atoms with Gasteiger partial charge in [-0.05, 0) is 25.2 Å². The molecule has 0 aliphatic carbocycles. The fourth-order valence-corrected chi connectivity index (χ4v) is 2.64. The molecule has 0 aromatic heterocycles. The maximum atomic E-state index is 13.1. The van der Waals surface area contributed by atoms with Crippen LogP contribution in [-0.2, 0) is 10.9 Å². The van der Waals surface area contributed by atoms with Gasteiger partial charge in [0.1, 0.15) is 0 Å². The summed E-state index contributed by atoms with van der Waals surface area (Å²) >= 11 is 3.24. The van der Waals surface area contributed by atoms with E-state index < -0.39 is 11.7 Å². The number of anilines is 1. The molecule has 1 saturated heterocycles. The molecule has 1 N–H and O–H groups in total. The fourth-order valence-electron chi connectivity index (χ4n) is 2.30. The summed E-state index contributed by atoms with van der Waals surface area (Å²) in [5.41, 5.74) is -0.401. The Morgan fingerprint density at radius 2 is 2.20 bits per heavy atom. The van der Waals surface area contributed by atoms with Crippen LogP contribution in [0.1, 0.15) is 5.56 Å². The monoisotopic (exact) mass is 352 g/mol. The third-order valence-electron chi connectivity index (χ3n) is 3.18. The average molecular weight is 353 g/mol. The highest BCUT2D eigenvalue weighted by Gasteiger charge is 2.36. The van der Waals surface area contributed by atoms with Crippen LogP contribution in [0.2, 0.25) is 0 Å². The summed E-state index contributed by atoms with van der Waals surface area (Å²) in [5.74, 6) is 0. The minimum atomic E-state index is -4.35. The number of benzene rings is 1.